The molecule has 0 aliphatic heterocycles. The van der Waals surface area contributed by atoms with Crippen molar-refractivity contribution in [2.24, 2.45) is 0 Å². The highest BCUT2D eigenvalue weighted by Gasteiger charge is 2.11. The summed E-state index contributed by atoms with van der Waals surface area (Å²) in [6, 6.07) is 7.64. The van der Waals surface area contributed by atoms with Crippen LogP contribution in [0.25, 0.3) is 0 Å². The zero-order valence-electron chi connectivity index (χ0n) is 11.5. The van der Waals surface area contributed by atoms with E-state index >= 15 is 0 Å². The predicted octanol–water partition coefficient (Wildman–Crippen LogP) is 1.90. The second-order valence-corrected chi connectivity index (χ2v) is 4.30. The van der Waals surface area contributed by atoms with E-state index in [1.807, 2.05) is 43.3 Å². The summed E-state index contributed by atoms with van der Waals surface area (Å²) >= 11 is 0. The molecule has 1 rings (SSSR count). The quantitative estimate of drug-likeness (QED) is 0.706. The fraction of sp³-hybridized carbons (Fsp3) is 0.467. The molecule has 0 aliphatic carbocycles. The van der Waals surface area contributed by atoms with Gasteiger partial charge in [-0.25, -0.2) is 0 Å². The van der Waals surface area contributed by atoms with E-state index in [0.29, 0.717) is 13.0 Å². The van der Waals surface area contributed by atoms with Crippen LogP contribution in [0.3, 0.4) is 0 Å². The van der Waals surface area contributed by atoms with Crippen molar-refractivity contribution in [1.29, 1.82) is 0 Å². The Morgan fingerprint density at radius 2 is 1.95 bits per heavy atom. The SMILES string of the molecule is C/C=C\[C@H](C[C@@H](O)CO)OCc1ccc(OC)cc1. The van der Waals surface area contributed by atoms with E-state index in [9.17, 15) is 5.11 Å². The number of aliphatic hydroxyl groups is 2. The zero-order chi connectivity index (χ0) is 14.1. The van der Waals surface area contributed by atoms with Gasteiger partial charge in [0, 0.05) is 6.42 Å². The van der Waals surface area contributed by atoms with Crippen molar-refractivity contribution >= 4 is 0 Å². The number of benzene rings is 1. The lowest BCUT2D eigenvalue weighted by atomic mass is 10.1. The molecule has 0 saturated heterocycles. The summed E-state index contributed by atoms with van der Waals surface area (Å²) in [4.78, 5) is 0. The monoisotopic (exact) mass is 266 g/mol. The van der Waals surface area contributed by atoms with Crippen molar-refractivity contribution in [2.45, 2.75) is 32.2 Å². The standard InChI is InChI=1S/C15H22O4/c1-3-4-15(9-13(17)10-16)19-11-12-5-7-14(18-2)8-6-12/h3-8,13,15-17H,9-11H2,1-2H3/b4-3-/t13-,15-/m1/s1. The molecule has 0 radical (unpaired) electrons. The molecule has 0 aromatic heterocycles. The van der Waals surface area contributed by atoms with Crippen molar-refractivity contribution < 1.29 is 19.7 Å². The highest BCUT2D eigenvalue weighted by atomic mass is 16.5. The van der Waals surface area contributed by atoms with Crippen molar-refractivity contribution in [1.82, 2.24) is 0 Å². The van der Waals surface area contributed by atoms with Crippen LogP contribution in [0.1, 0.15) is 18.9 Å². The first-order valence-corrected chi connectivity index (χ1v) is 6.35. The molecular formula is C15H22O4. The van der Waals surface area contributed by atoms with Gasteiger partial charge in [-0.1, -0.05) is 24.3 Å². The van der Waals surface area contributed by atoms with E-state index < -0.39 is 6.10 Å². The second-order valence-electron chi connectivity index (χ2n) is 4.30. The Kier molecular flexibility index (Phi) is 7.18. The first-order chi connectivity index (χ1) is 9.19. The minimum Gasteiger partial charge on any atom is -0.497 e. The van der Waals surface area contributed by atoms with Gasteiger partial charge in [0.1, 0.15) is 5.75 Å². The highest BCUT2D eigenvalue weighted by molar-refractivity contribution is 5.26. The first-order valence-electron chi connectivity index (χ1n) is 6.35. The predicted molar refractivity (Wildman–Crippen MR) is 74.1 cm³/mol. The van der Waals surface area contributed by atoms with Gasteiger partial charge < -0.3 is 19.7 Å². The van der Waals surface area contributed by atoms with Gasteiger partial charge in [-0.15, -0.1) is 0 Å². The van der Waals surface area contributed by atoms with E-state index in [1.165, 1.54) is 0 Å². The highest BCUT2D eigenvalue weighted by Crippen LogP contribution is 2.14. The van der Waals surface area contributed by atoms with Gasteiger partial charge in [-0.3, -0.25) is 0 Å². The molecule has 19 heavy (non-hydrogen) atoms. The number of hydrogen-bond acceptors (Lipinski definition) is 4. The molecule has 1 aromatic carbocycles. The van der Waals surface area contributed by atoms with Crippen LogP contribution in [-0.4, -0.2) is 36.1 Å². The Hall–Kier alpha value is -1.36. The van der Waals surface area contributed by atoms with Crippen LogP contribution < -0.4 is 4.74 Å². The Balaban J connectivity index is 2.50. The van der Waals surface area contributed by atoms with Gasteiger partial charge in [0.25, 0.3) is 0 Å². The molecule has 0 heterocycles. The summed E-state index contributed by atoms with van der Waals surface area (Å²) in [6.07, 6.45) is 3.19. The minimum absolute atomic E-state index is 0.200. The van der Waals surface area contributed by atoms with Gasteiger partial charge in [0.15, 0.2) is 0 Å². The summed E-state index contributed by atoms with van der Waals surface area (Å²) in [5.74, 6) is 0.810. The normalized spacial score (nSPS) is 14.5. The molecule has 0 fully saturated rings. The summed E-state index contributed by atoms with van der Waals surface area (Å²) in [6.45, 7) is 2.10. The second kappa shape index (κ2) is 8.69. The van der Waals surface area contributed by atoms with Crippen LogP contribution in [0.4, 0.5) is 0 Å². The molecule has 0 unspecified atom stereocenters. The lowest BCUT2D eigenvalue weighted by molar-refractivity contribution is 0.0119. The van der Waals surface area contributed by atoms with Gasteiger partial charge in [0.2, 0.25) is 0 Å². The van der Waals surface area contributed by atoms with Crippen LogP contribution in [0, 0.1) is 0 Å². The van der Waals surface area contributed by atoms with Crippen molar-refractivity contribution in [3.8, 4) is 5.75 Å². The molecule has 106 valence electrons. The zero-order valence-corrected chi connectivity index (χ0v) is 11.5. The number of ether oxygens (including phenoxy) is 2. The van der Waals surface area contributed by atoms with Gasteiger partial charge in [-0.2, -0.15) is 0 Å². The number of aliphatic hydroxyl groups excluding tert-OH is 2. The molecule has 2 N–H and O–H groups in total. The first kappa shape index (κ1) is 15.7. The summed E-state index contributed by atoms with van der Waals surface area (Å²) in [5.41, 5.74) is 1.04. The van der Waals surface area contributed by atoms with E-state index in [-0.39, 0.29) is 12.7 Å². The average Bonchev–Trinajstić information content (AvgIpc) is 2.45. The molecule has 0 amide bonds. The summed E-state index contributed by atoms with van der Waals surface area (Å²) in [5, 5.41) is 18.3. The van der Waals surface area contributed by atoms with Crippen LogP contribution in [0.15, 0.2) is 36.4 Å². The van der Waals surface area contributed by atoms with Crippen molar-refractivity contribution in [2.75, 3.05) is 13.7 Å². The molecule has 2 atom stereocenters. The molecule has 0 bridgehead atoms. The third-order valence-electron chi connectivity index (χ3n) is 2.75. The van der Waals surface area contributed by atoms with Crippen LogP contribution in [0.2, 0.25) is 0 Å². The molecule has 0 saturated carbocycles. The maximum absolute atomic E-state index is 9.44. The molecule has 0 spiro atoms. The number of hydrogen-bond donors (Lipinski definition) is 2. The summed E-state index contributed by atoms with van der Waals surface area (Å²) < 4.78 is 10.8. The van der Waals surface area contributed by atoms with Crippen LogP contribution in [0.5, 0.6) is 5.75 Å². The van der Waals surface area contributed by atoms with Gasteiger partial charge in [0.05, 0.1) is 32.5 Å². The smallest absolute Gasteiger partial charge is 0.118 e. The fourth-order valence-corrected chi connectivity index (χ4v) is 1.68. The molecular weight excluding hydrogens is 244 g/mol. The Bertz CT molecular complexity index is 372. The Morgan fingerprint density at radius 1 is 1.26 bits per heavy atom. The summed E-state index contributed by atoms with van der Waals surface area (Å²) in [7, 11) is 1.63. The van der Waals surface area contributed by atoms with E-state index in [0.717, 1.165) is 11.3 Å². The molecule has 1 aromatic rings. The maximum atomic E-state index is 9.44. The van der Waals surface area contributed by atoms with Crippen molar-refractivity contribution in [3.05, 3.63) is 42.0 Å². The van der Waals surface area contributed by atoms with Gasteiger partial charge in [-0.05, 0) is 24.6 Å². The fourth-order valence-electron chi connectivity index (χ4n) is 1.68. The molecule has 0 aliphatic rings. The maximum Gasteiger partial charge on any atom is 0.118 e. The topological polar surface area (TPSA) is 58.9 Å². The number of methoxy groups -OCH3 is 1. The van der Waals surface area contributed by atoms with Crippen LogP contribution >= 0.6 is 0 Å². The Morgan fingerprint density at radius 3 is 2.47 bits per heavy atom. The molecule has 4 nitrogen and oxygen atoms in total. The lowest BCUT2D eigenvalue weighted by Gasteiger charge is -2.17. The van der Waals surface area contributed by atoms with Crippen LogP contribution in [-0.2, 0) is 11.3 Å². The van der Waals surface area contributed by atoms with E-state index in [4.69, 9.17) is 14.6 Å². The van der Waals surface area contributed by atoms with Gasteiger partial charge >= 0.3 is 0 Å². The lowest BCUT2D eigenvalue weighted by Crippen LogP contribution is -2.21. The third-order valence-corrected chi connectivity index (χ3v) is 2.75. The minimum atomic E-state index is -0.753. The van der Waals surface area contributed by atoms with Crippen molar-refractivity contribution in [3.63, 3.8) is 0 Å². The molecule has 4 heteroatoms. The largest absolute Gasteiger partial charge is 0.497 e. The van der Waals surface area contributed by atoms with E-state index in [1.54, 1.807) is 7.11 Å². The number of rotatable bonds is 8. The number of allylic oxidation sites excluding steroid dienone is 1. The third kappa shape index (κ3) is 5.87. The Labute approximate surface area is 114 Å². The van der Waals surface area contributed by atoms with E-state index in [2.05, 4.69) is 0 Å². The average molecular weight is 266 g/mol.